The number of carbonyl (C=O) groups is 6. The number of thiazole rings is 6. The van der Waals surface area contributed by atoms with E-state index in [1.54, 1.807) is 107 Å². The summed E-state index contributed by atoms with van der Waals surface area (Å²) in [6, 6.07) is 65.1. The van der Waals surface area contributed by atoms with Gasteiger partial charge >= 0.3 is 40.9 Å². The summed E-state index contributed by atoms with van der Waals surface area (Å²) in [5.74, 6) is -1.44. The van der Waals surface area contributed by atoms with E-state index >= 15 is 0 Å². The van der Waals surface area contributed by atoms with E-state index in [0.717, 1.165) is 211 Å². The van der Waals surface area contributed by atoms with Gasteiger partial charge in [-0.1, -0.05) is 125 Å². The van der Waals surface area contributed by atoms with Crippen LogP contribution in [-0.4, -0.2) is 130 Å². The van der Waals surface area contributed by atoms with Crippen LogP contribution in [-0.2, 0) is 50.1 Å². The predicted molar refractivity (Wildman–Crippen MR) is 583 cm³/mol. The van der Waals surface area contributed by atoms with E-state index in [0.29, 0.717) is 27.3 Å². The van der Waals surface area contributed by atoms with Crippen molar-refractivity contribution in [2.45, 2.75) is 12.8 Å². The van der Waals surface area contributed by atoms with Crippen LogP contribution in [0.3, 0.4) is 0 Å². The van der Waals surface area contributed by atoms with E-state index < -0.39 is 23.9 Å². The molecule has 0 radical (unpaired) electrons. The normalized spacial score (nSPS) is 11.3. The van der Waals surface area contributed by atoms with Crippen LogP contribution in [0.15, 0.2) is 301 Å². The number of aldehydes is 2. The quantitative estimate of drug-likeness (QED) is 0.0186. The van der Waals surface area contributed by atoms with Gasteiger partial charge in [-0.15, -0.1) is 67.4 Å². The fraction of sp³-hybridized carbons (Fsp3) is 0.0702. The second-order valence-electron chi connectivity index (χ2n) is 32.9. The molecule has 0 saturated carbocycles. The Bertz CT molecular complexity index is 8170. The zero-order valence-electron chi connectivity index (χ0n) is 80.0. The van der Waals surface area contributed by atoms with Crippen molar-refractivity contribution >= 4 is 197 Å². The number of ether oxygens (including phenoxy) is 4. The Kier molecular flexibility index (Phi) is 31.7. The molecular formula is C114H87MnN17O10S6+3. The first-order valence-electron chi connectivity index (χ1n) is 45.7. The maximum Gasteiger partial charge on any atom is 3.00 e. The summed E-state index contributed by atoms with van der Waals surface area (Å²) in [6.45, 7) is 1.99. The molecule has 15 aromatic heterocycles. The molecule has 16 bridgehead atoms. The molecule has 19 heterocycles. The Morgan fingerprint density at radius 3 is 0.980 bits per heavy atom. The molecule has 148 heavy (non-hydrogen) atoms. The number of nitrogens with one attached hydrogen (secondary N) is 5. The van der Waals surface area contributed by atoms with Gasteiger partial charge in [0.15, 0.2) is 23.7 Å². The molecule has 0 spiro atoms. The summed E-state index contributed by atoms with van der Waals surface area (Å²) in [6.07, 6.45) is 36.4. The van der Waals surface area contributed by atoms with Gasteiger partial charge in [0.05, 0.1) is 146 Å². The zero-order chi connectivity index (χ0) is 101. The van der Waals surface area contributed by atoms with Gasteiger partial charge in [-0.3, -0.25) is 9.59 Å². The fourth-order valence-corrected chi connectivity index (χ4v) is 21.3. The van der Waals surface area contributed by atoms with Crippen molar-refractivity contribution in [1.29, 1.82) is 0 Å². The summed E-state index contributed by atoms with van der Waals surface area (Å²) < 4.78 is 24.0. The molecular weight excluding hydrogens is 2010 g/mol. The van der Waals surface area contributed by atoms with Gasteiger partial charge in [0.25, 0.3) is 10.0 Å². The maximum atomic E-state index is 12.4. The second-order valence-corrected chi connectivity index (χ2v) is 38.3. The van der Waals surface area contributed by atoms with E-state index in [9.17, 15) is 28.8 Å². The minimum atomic E-state index is -0.408. The minimum Gasteiger partial charge on any atom is -0.657 e. The molecule has 5 aromatic carbocycles. The number of fused-ring (bicyclic) bond motifs is 16. The van der Waals surface area contributed by atoms with Crippen molar-refractivity contribution in [2.24, 2.45) is 14.1 Å². The van der Waals surface area contributed by atoms with Gasteiger partial charge in [-0.05, 0) is 198 Å². The molecule has 0 saturated heterocycles. The van der Waals surface area contributed by atoms with Gasteiger partial charge in [0.2, 0.25) is 0 Å². The minimum absolute atomic E-state index is 0. The van der Waals surface area contributed by atoms with Crippen LogP contribution in [0, 0.1) is 6.92 Å². The summed E-state index contributed by atoms with van der Waals surface area (Å²) >= 11 is 9.30. The number of hydrogen-bond donors (Lipinski definition) is 5. The maximum absolute atomic E-state index is 12.4. The Morgan fingerprint density at radius 1 is 0.345 bits per heavy atom. The van der Waals surface area contributed by atoms with E-state index in [2.05, 4.69) is 56.2 Å². The van der Waals surface area contributed by atoms with Crippen molar-refractivity contribution in [3.8, 4) is 86.8 Å². The molecule has 0 aliphatic carbocycles. The molecule has 34 heteroatoms. The van der Waals surface area contributed by atoms with Gasteiger partial charge in [-0.25, -0.2) is 59.0 Å². The predicted octanol–water partition coefficient (Wildman–Crippen LogP) is 24.5. The SMILES string of the molecule is COC(=O)c1ccc(-c2c3nc(c(-c4nccs4)c4ccc([nH]4)c(-c4ccc(C(=O)OC)cc4)c4nc(c(-c5nccs5)c5ccc2[nH]5)C=C4)C=C3)cc1.COC(=O)c1ccc(-c2c3nc(c(-c4scc[n+]4C)c4ccc([n-]4)c(-c4ccc(C(=O)OC)cc4)c4nc(c(-c5scc[n+]5C)c5ccc2[n-]5)C=C4)C=C3)cc1.Cc1ccc(C=O)cc1.O=Cc1nccs1.[Mn+3].c1c[nH]c(C(c2ccc[nH]2)c2nccs2)c1.c1cc[nH]c1. The molecule has 4 aliphatic heterocycles. The van der Waals surface area contributed by atoms with Crippen LogP contribution >= 0.6 is 68.0 Å². The fourth-order valence-electron chi connectivity index (χ4n) is 16.9. The van der Waals surface area contributed by atoms with Crippen molar-refractivity contribution in [2.75, 3.05) is 28.4 Å². The second kappa shape index (κ2) is 46.6. The van der Waals surface area contributed by atoms with Crippen molar-refractivity contribution in [3.63, 3.8) is 0 Å². The Labute approximate surface area is 881 Å². The molecule has 0 atom stereocenters. The Balaban J connectivity index is 0.000000143. The van der Waals surface area contributed by atoms with Crippen molar-refractivity contribution in [3.05, 3.63) is 401 Å². The number of benzene rings is 5. The van der Waals surface area contributed by atoms with E-state index in [-0.39, 0.29) is 23.0 Å². The average molecular weight is 2100 g/mol. The number of aryl methyl sites for hydroxylation is 3. The molecule has 27 nitrogen and oxygen atoms in total. The monoisotopic (exact) mass is 2100 g/mol. The first kappa shape index (κ1) is 101. The number of nitrogens with zero attached hydrogens (tertiary/aromatic N) is 12. The Hall–Kier alpha value is -17.3. The molecule has 24 rings (SSSR count). The third-order valence-electron chi connectivity index (χ3n) is 23.9. The van der Waals surface area contributed by atoms with Gasteiger partial charge in [0, 0.05) is 110 Å². The number of methoxy groups -OCH3 is 4. The van der Waals surface area contributed by atoms with Crippen LogP contribution in [0.25, 0.3) is 180 Å². The van der Waals surface area contributed by atoms with Crippen molar-refractivity contribution in [1.82, 2.24) is 74.8 Å². The number of hydrogen-bond acceptors (Lipinski definition) is 24. The first-order chi connectivity index (χ1) is 72.0. The van der Waals surface area contributed by atoms with Crippen LogP contribution in [0.2, 0.25) is 0 Å². The van der Waals surface area contributed by atoms with E-state index in [1.165, 1.54) is 68.0 Å². The number of H-pyrrole nitrogens is 5. The summed E-state index contributed by atoms with van der Waals surface area (Å²) in [4.78, 5) is 135. The van der Waals surface area contributed by atoms with Crippen LogP contribution < -0.4 is 19.1 Å². The van der Waals surface area contributed by atoms with E-state index in [1.807, 2.05) is 285 Å². The van der Waals surface area contributed by atoms with Crippen molar-refractivity contribution < 1.29 is 73.9 Å². The number of carbonyl (C=O) groups excluding carboxylic acids is 6. The van der Waals surface area contributed by atoms with E-state index in [4.69, 9.17) is 58.8 Å². The largest absolute Gasteiger partial charge is 3.00 e. The number of aromatic amines is 5. The summed E-state index contributed by atoms with van der Waals surface area (Å²) in [7, 11) is 9.52. The van der Waals surface area contributed by atoms with Gasteiger partial charge < -0.3 is 53.8 Å². The standard InChI is InChI=1S/C44H32N6O4S2.C42H28N6O4S2.C12H11N3S.C8H8O.C4H3NOS.C4H5N.Mn/c1-49-21-23-55-41(49)39-33-17-13-29(45-33)37(25-5-9-27(10-6-25)43(51)53-3)31-15-19-35(47-31)40(42-50(2)22-24-56-42)36-20-16-32(48-36)38(30-14-18-34(39)46-30)26-7-11-28(12-8-26)44(52)54-4;1-51-41(49)25-7-3-23(4-8-25)35-27-11-15-31(45-27)37(39-43-19-21-53-39)33-17-13-29(47-33)36(24-5-9-26(10-6-24)42(50)52-2)30-14-18-34(48-30)38(40-44-20-22-54-40)32-16-12-28(35)46-32;1-3-9(13-5-1)11(10-4-2-6-14-10)12-15-7-8-16-12;1-7-2-4-8(6-9)5-3-7;6-3-4-5-1-2-7-4;1-2-4-5-3-1;/h5-24H,1-4H3;3-22,45,48H,1-2H3;1-8,11,13-14H;2-6H,1H3;1-3H;1-5H;/q;;;;;;+3. The molecule has 0 amide bonds. The Morgan fingerprint density at radius 2 is 0.682 bits per heavy atom. The summed E-state index contributed by atoms with van der Waals surface area (Å²) in [5.41, 5.74) is 28.4. The molecule has 0 unspecified atom stereocenters. The molecule has 728 valence electrons. The number of aromatic nitrogens is 17. The number of esters is 4. The first-order valence-corrected chi connectivity index (χ1v) is 51.0. The number of rotatable bonds is 17. The van der Waals surface area contributed by atoms with Crippen LogP contribution in [0.4, 0.5) is 0 Å². The summed E-state index contributed by atoms with van der Waals surface area (Å²) in [5, 5.41) is 17.0. The van der Waals surface area contributed by atoms with Gasteiger partial charge in [-0.2, -0.15) is 9.13 Å². The molecule has 0 fully saturated rings. The smallest absolute Gasteiger partial charge is 0.657 e. The van der Waals surface area contributed by atoms with Crippen LogP contribution in [0.1, 0.15) is 135 Å². The third-order valence-corrected chi connectivity index (χ3v) is 28.9. The molecule has 20 aromatic rings. The third kappa shape index (κ3) is 22.2. The van der Waals surface area contributed by atoms with Crippen LogP contribution in [0.5, 0.6) is 0 Å². The van der Waals surface area contributed by atoms with Gasteiger partial charge in [0.1, 0.15) is 35.4 Å². The average Bonchev–Trinajstić information content (AvgIpc) is 1.61. The molecule has 4 aliphatic rings. The molecule has 5 N–H and O–H groups in total. The zero-order valence-corrected chi connectivity index (χ0v) is 86.1. The topological polar surface area (TPSA) is 357 Å².